The normalized spacial score (nSPS) is 32.1. The van der Waals surface area contributed by atoms with Crippen LogP contribution >= 0.6 is 0 Å². The van der Waals surface area contributed by atoms with Crippen LogP contribution in [-0.4, -0.2) is 12.1 Å². The molecule has 1 aliphatic rings. The summed E-state index contributed by atoms with van der Waals surface area (Å²) >= 11 is 0. The van der Waals surface area contributed by atoms with Gasteiger partial charge in [-0.25, -0.2) is 0 Å². The zero-order valence-corrected chi connectivity index (χ0v) is 7.41. The Kier molecular flexibility index (Phi) is 2.35. The highest BCUT2D eigenvalue weighted by Crippen LogP contribution is 2.25. The summed E-state index contributed by atoms with van der Waals surface area (Å²) in [5.74, 6) is 0.969. The molecule has 60 valence electrons. The molecule has 0 bridgehead atoms. The monoisotopic (exact) mass is 141 g/mol. The van der Waals surface area contributed by atoms with E-state index in [1.165, 1.54) is 25.8 Å². The molecular weight excluding hydrogens is 122 g/mol. The van der Waals surface area contributed by atoms with Crippen LogP contribution in [0.1, 0.15) is 40.0 Å². The Morgan fingerprint density at radius 3 is 2.60 bits per heavy atom. The Morgan fingerprint density at radius 1 is 1.50 bits per heavy atom. The van der Waals surface area contributed by atoms with E-state index in [1.807, 2.05) is 0 Å². The highest BCUT2D eigenvalue weighted by atomic mass is 15.0. The van der Waals surface area contributed by atoms with E-state index < -0.39 is 0 Å². The van der Waals surface area contributed by atoms with Gasteiger partial charge in [0.05, 0.1) is 0 Å². The second kappa shape index (κ2) is 2.91. The van der Waals surface area contributed by atoms with Crippen molar-refractivity contribution in [3.8, 4) is 0 Å². The molecule has 1 heterocycles. The lowest BCUT2D eigenvalue weighted by molar-refractivity contribution is 0.226. The Bertz CT molecular complexity index is 107. The fourth-order valence-corrected chi connectivity index (χ4v) is 1.86. The molecule has 10 heavy (non-hydrogen) atoms. The molecule has 0 radical (unpaired) electrons. The van der Waals surface area contributed by atoms with Crippen LogP contribution in [0.4, 0.5) is 0 Å². The molecule has 0 aromatic heterocycles. The van der Waals surface area contributed by atoms with Crippen molar-refractivity contribution in [1.29, 1.82) is 0 Å². The predicted molar refractivity (Wildman–Crippen MR) is 45.1 cm³/mol. The lowest BCUT2D eigenvalue weighted by Crippen LogP contribution is -2.46. The number of piperidine rings is 1. The number of nitrogens with one attached hydrogen (secondary N) is 1. The molecule has 0 aromatic rings. The van der Waals surface area contributed by atoms with Crippen LogP contribution in [0.2, 0.25) is 0 Å². The summed E-state index contributed by atoms with van der Waals surface area (Å²) in [6.45, 7) is 8.11. The lowest BCUT2D eigenvalue weighted by Gasteiger charge is -2.36. The van der Waals surface area contributed by atoms with E-state index >= 15 is 0 Å². The van der Waals surface area contributed by atoms with Gasteiger partial charge in [0.25, 0.3) is 0 Å². The number of hydrogen-bond donors (Lipinski definition) is 1. The molecule has 1 heteroatoms. The first-order chi connectivity index (χ1) is 4.64. The summed E-state index contributed by atoms with van der Waals surface area (Å²) in [6, 6.07) is 0. The summed E-state index contributed by atoms with van der Waals surface area (Å²) in [7, 11) is 0. The van der Waals surface area contributed by atoms with Gasteiger partial charge in [-0.2, -0.15) is 0 Å². The van der Waals surface area contributed by atoms with E-state index in [0.29, 0.717) is 5.54 Å². The van der Waals surface area contributed by atoms with Crippen LogP contribution in [-0.2, 0) is 0 Å². The number of hydrogen-bond acceptors (Lipinski definition) is 1. The molecule has 1 saturated heterocycles. The van der Waals surface area contributed by atoms with E-state index in [2.05, 4.69) is 26.1 Å². The molecule has 1 unspecified atom stereocenters. The molecule has 1 N–H and O–H groups in total. The summed E-state index contributed by atoms with van der Waals surface area (Å²) in [4.78, 5) is 0. The summed E-state index contributed by atoms with van der Waals surface area (Å²) in [6.07, 6.45) is 4.08. The van der Waals surface area contributed by atoms with Gasteiger partial charge in [0.15, 0.2) is 0 Å². The third kappa shape index (κ3) is 1.98. The van der Waals surface area contributed by atoms with Gasteiger partial charge in [0, 0.05) is 5.54 Å². The van der Waals surface area contributed by atoms with Crippen molar-refractivity contribution in [2.24, 2.45) is 5.92 Å². The van der Waals surface area contributed by atoms with Gasteiger partial charge in [-0.15, -0.1) is 0 Å². The van der Waals surface area contributed by atoms with Crippen molar-refractivity contribution in [2.45, 2.75) is 45.6 Å². The van der Waals surface area contributed by atoms with E-state index in [4.69, 9.17) is 0 Å². The first kappa shape index (κ1) is 8.06. The van der Waals surface area contributed by atoms with Crippen LogP contribution in [0.15, 0.2) is 0 Å². The smallest absolute Gasteiger partial charge is 0.0127 e. The van der Waals surface area contributed by atoms with E-state index in [0.717, 1.165) is 5.92 Å². The molecule has 1 rings (SSSR count). The quantitative estimate of drug-likeness (QED) is 0.590. The van der Waals surface area contributed by atoms with Gasteiger partial charge >= 0.3 is 0 Å². The predicted octanol–water partition coefficient (Wildman–Crippen LogP) is 2.17. The van der Waals surface area contributed by atoms with Crippen molar-refractivity contribution in [1.82, 2.24) is 5.32 Å². The topological polar surface area (TPSA) is 12.0 Å². The molecule has 0 aliphatic carbocycles. The molecule has 1 nitrogen and oxygen atoms in total. The van der Waals surface area contributed by atoms with Crippen molar-refractivity contribution in [3.63, 3.8) is 0 Å². The largest absolute Gasteiger partial charge is 0.312 e. The minimum Gasteiger partial charge on any atom is -0.312 e. The van der Waals surface area contributed by atoms with E-state index in [9.17, 15) is 0 Å². The fraction of sp³-hybridized carbons (Fsp3) is 1.00. The van der Waals surface area contributed by atoms with Crippen LogP contribution in [0.25, 0.3) is 0 Å². The van der Waals surface area contributed by atoms with Crippen LogP contribution < -0.4 is 5.32 Å². The lowest BCUT2D eigenvalue weighted by atomic mass is 9.83. The van der Waals surface area contributed by atoms with E-state index in [1.54, 1.807) is 0 Å². The highest BCUT2D eigenvalue weighted by Gasteiger charge is 2.25. The first-order valence-corrected chi connectivity index (χ1v) is 4.39. The molecule has 1 atom stereocenters. The van der Waals surface area contributed by atoms with Crippen LogP contribution in [0, 0.1) is 5.92 Å². The van der Waals surface area contributed by atoms with Crippen LogP contribution in [0.5, 0.6) is 0 Å². The SMILES string of the molecule is CCC1CCNC(C)(C)C1. The van der Waals surface area contributed by atoms with Crippen LogP contribution in [0.3, 0.4) is 0 Å². The van der Waals surface area contributed by atoms with Gasteiger partial charge in [0.1, 0.15) is 0 Å². The third-order valence-electron chi connectivity index (χ3n) is 2.53. The Morgan fingerprint density at radius 2 is 2.20 bits per heavy atom. The van der Waals surface area contributed by atoms with Gasteiger partial charge < -0.3 is 5.32 Å². The van der Waals surface area contributed by atoms with Gasteiger partial charge in [-0.05, 0) is 39.2 Å². The molecule has 1 aliphatic heterocycles. The zero-order chi connectivity index (χ0) is 7.61. The first-order valence-electron chi connectivity index (χ1n) is 4.39. The maximum absolute atomic E-state index is 3.52. The van der Waals surface area contributed by atoms with Crippen molar-refractivity contribution >= 4 is 0 Å². The number of rotatable bonds is 1. The molecule has 0 amide bonds. The highest BCUT2D eigenvalue weighted by molar-refractivity contribution is 4.85. The van der Waals surface area contributed by atoms with Crippen molar-refractivity contribution in [2.75, 3.05) is 6.54 Å². The molecule has 0 spiro atoms. The third-order valence-corrected chi connectivity index (χ3v) is 2.53. The summed E-state index contributed by atoms with van der Waals surface area (Å²) < 4.78 is 0. The second-order valence-corrected chi connectivity index (χ2v) is 4.08. The Labute approximate surface area is 64.2 Å². The molecular formula is C9H19N. The average molecular weight is 141 g/mol. The maximum atomic E-state index is 3.52. The second-order valence-electron chi connectivity index (χ2n) is 4.08. The Balaban J connectivity index is 2.40. The van der Waals surface area contributed by atoms with E-state index in [-0.39, 0.29) is 0 Å². The van der Waals surface area contributed by atoms with Gasteiger partial charge in [-0.1, -0.05) is 13.3 Å². The van der Waals surface area contributed by atoms with Crippen molar-refractivity contribution in [3.05, 3.63) is 0 Å². The molecule has 1 fully saturated rings. The maximum Gasteiger partial charge on any atom is 0.0127 e. The average Bonchev–Trinajstić information content (AvgIpc) is 1.86. The minimum atomic E-state index is 0.402. The van der Waals surface area contributed by atoms with Gasteiger partial charge in [0.2, 0.25) is 0 Å². The standard InChI is InChI=1S/C9H19N/c1-4-8-5-6-10-9(2,3)7-8/h8,10H,4-7H2,1-3H3. The van der Waals surface area contributed by atoms with Gasteiger partial charge in [-0.3, -0.25) is 0 Å². The summed E-state index contributed by atoms with van der Waals surface area (Å²) in [5, 5.41) is 3.52. The summed E-state index contributed by atoms with van der Waals surface area (Å²) in [5.41, 5.74) is 0.402. The minimum absolute atomic E-state index is 0.402. The zero-order valence-electron chi connectivity index (χ0n) is 7.41. The fourth-order valence-electron chi connectivity index (χ4n) is 1.86. The van der Waals surface area contributed by atoms with Crippen molar-refractivity contribution < 1.29 is 0 Å². The Hall–Kier alpha value is -0.0400. The molecule has 0 aromatic carbocycles. The molecule has 0 saturated carbocycles.